The van der Waals surface area contributed by atoms with Crippen molar-refractivity contribution >= 4 is 27.7 Å². The molecule has 126 valence electrons. The predicted octanol–water partition coefficient (Wildman–Crippen LogP) is 1.12. The maximum absolute atomic E-state index is 12.2. The van der Waals surface area contributed by atoms with Gasteiger partial charge in [-0.25, -0.2) is 4.79 Å². The van der Waals surface area contributed by atoms with Crippen LogP contribution in [0.15, 0.2) is 45.8 Å². The average Bonchev–Trinajstić information content (AvgIpc) is 3.07. The Hall–Kier alpha value is -2.07. The van der Waals surface area contributed by atoms with E-state index in [0.717, 1.165) is 0 Å². The molecular formula is C15H14BrN3O5. The first kappa shape index (κ1) is 16.8. The lowest BCUT2D eigenvalue weighted by atomic mass is 10.2. The van der Waals surface area contributed by atoms with Gasteiger partial charge in [-0.1, -0.05) is 18.2 Å². The van der Waals surface area contributed by atoms with Gasteiger partial charge in [0.15, 0.2) is 18.3 Å². The van der Waals surface area contributed by atoms with Gasteiger partial charge in [0.2, 0.25) is 0 Å². The Balaban J connectivity index is 1.80. The number of amides is 1. The second-order valence-electron chi connectivity index (χ2n) is 4.98. The molecule has 1 aromatic heterocycles. The van der Waals surface area contributed by atoms with Crippen molar-refractivity contribution in [3.8, 4) is 0 Å². The molecule has 1 aliphatic rings. The molecule has 1 amide bonds. The van der Waals surface area contributed by atoms with E-state index in [0.29, 0.717) is 10.0 Å². The van der Waals surface area contributed by atoms with Crippen LogP contribution in [0.5, 0.6) is 0 Å². The summed E-state index contributed by atoms with van der Waals surface area (Å²) in [5.74, 6) is -0.260. The molecule has 2 heterocycles. The SMILES string of the molecule is O=C(Nc1nc(=O)n(C2COC(CO)O2)cc1Br)c1ccccc1. The summed E-state index contributed by atoms with van der Waals surface area (Å²) in [4.78, 5) is 28.2. The van der Waals surface area contributed by atoms with Crippen molar-refractivity contribution in [1.29, 1.82) is 0 Å². The van der Waals surface area contributed by atoms with Crippen molar-refractivity contribution in [3.05, 3.63) is 57.0 Å². The molecule has 0 bridgehead atoms. The average molecular weight is 396 g/mol. The Kier molecular flexibility index (Phi) is 5.05. The van der Waals surface area contributed by atoms with Gasteiger partial charge in [0.25, 0.3) is 5.91 Å². The Morgan fingerprint density at radius 3 is 2.83 bits per heavy atom. The summed E-state index contributed by atoms with van der Waals surface area (Å²) >= 11 is 3.28. The van der Waals surface area contributed by atoms with Crippen LogP contribution in [-0.2, 0) is 9.47 Å². The first-order valence-electron chi connectivity index (χ1n) is 7.11. The number of hydrogen-bond donors (Lipinski definition) is 2. The number of carbonyl (C=O) groups is 1. The number of ether oxygens (including phenoxy) is 2. The third-order valence-corrected chi connectivity index (χ3v) is 3.95. The molecule has 2 atom stereocenters. The van der Waals surface area contributed by atoms with Crippen LogP contribution in [0.1, 0.15) is 16.6 Å². The highest BCUT2D eigenvalue weighted by molar-refractivity contribution is 9.10. The number of aromatic nitrogens is 2. The number of nitrogens with zero attached hydrogens (tertiary/aromatic N) is 2. The summed E-state index contributed by atoms with van der Waals surface area (Å²) in [6, 6.07) is 8.59. The molecule has 1 saturated heterocycles. The summed E-state index contributed by atoms with van der Waals surface area (Å²) in [6.45, 7) is -0.181. The number of nitrogens with one attached hydrogen (secondary N) is 1. The predicted molar refractivity (Wildman–Crippen MR) is 87.5 cm³/mol. The van der Waals surface area contributed by atoms with Crippen LogP contribution in [0.3, 0.4) is 0 Å². The minimum Gasteiger partial charge on any atom is -0.391 e. The number of carbonyl (C=O) groups excluding carboxylic acids is 1. The molecular weight excluding hydrogens is 382 g/mol. The van der Waals surface area contributed by atoms with Crippen molar-refractivity contribution in [3.63, 3.8) is 0 Å². The van der Waals surface area contributed by atoms with Crippen LogP contribution >= 0.6 is 15.9 Å². The van der Waals surface area contributed by atoms with Gasteiger partial charge in [-0.15, -0.1) is 0 Å². The highest BCUT2D eigenvalue weighted by atomic mass is 79.9. The molecule has 1 aromatic carbocycles. The number of hydrogen-bond acceptors (Lipinski definition) is 6. The second kappa shape index (κ2) is 7.22. The minimum absolute atomic E-state index is 0.114. The van der Waals surface area contributed by atoms with E-state index >= 15 is 0 Å². The zero-order valence-electron chi connectivity index (χ0n) is 12.4. The molecule has 0 saturated carbocycles. The zero-order valence-corrected chi connectivity index (χ0v) is 14.0. The highest BCUT2D eigenvalue weighted by Gasteiger charge is 2.28. The van der Waals surface area contributed by atoms with Crippen LogP contribution in [0.25, 0.3) is 0 Å². The third-order valence-electron chi connectivity index (χ3n) is 3.37. The van der Waals surface area contributed by atoms with Crippen molar-refractivity contribution < 1.29 is 19.4 Å². The number of anilines is 1. The Bertz CT molecular complexity index is 795. The molecule has 0 aliphatic carbocycles. The summed E-state index contributed by atoms with van der Waals surface area (Å²) < 4.78 is 12.2. The standard InChI is InChI=1S/C15H14BrN3O5/c16-10-6-19(11-8-23-12(7-20)24-11)15(22)18-13(10)17-14(21)9-4-2-1-3-5-9/h1-6,11-12,20H,7-8H2,(H,17,18,21,22). The normalized spacial score (nSPS) is 20.1. The second-order valence-corrected chi connectivity index (χ2v) is 5.84. The van der Waals surface area contributed by atoms with E-state index in [1.54, 1.807) is 30.3 Å². The van der Waals surface area contributed by atoms with Crippen LogP contribution in [-0.4, -0.2) is 40.1 Å². The molecule has 0 spiro atoms. The molecule has 24 heavy (non-hydrogen) atoms. The monoisotopic (exact) mass is 395 g/mol. The molecule has 2 aromatic rings. The number of benzene rings is 1. The Morgan fingerprint density at radius 2 is 2.17 bits per heavy atom. The number of rotatable bonds is 4. The van der Waals surface area contributed by atoms with Gasteiger partial charge >= 0.3 is 5.69 Å². The molecule has 3 rings (SSSR count). The van der Waals surface area contributed by atoms with E-state index in [1.165, 1.54) is 10.8 Å². The van der Waals surface area contributed by atoms with Gasteiger partial charge in [0.05, 0.1) is 17.7 Å². The first-order valence-corrected chi connectivity index (χ1v) is 7.91. The third kappa shape index (κ3) is 3.54. The maximum atomic E-state index is 12.2. The van der Waals surface area contributed by atoms with E-state index in [2.05, 4.69) is 26.2 Å². The molecule has 1 fully saturated rings. The van der Waals surface area contributed by atoms with Crippen molar-refractivity contribution in [1.82, 2.24) is 9.55 Å². The van der Waals surface area contributed by atoms with Gasteiger partial charge < -0.3 is 19.9 Å². The zero-order chi connectivity index (χ0) is 17.1. The van der Waals surface area contributed by atoms with Crippen molar-refractivity contribution in [2.75, 3.05) is 18.5 Å². The number of halogens is 1. The summed E-state index contributed by atoms with van der Waals surface area (Å²) in [7, 11) is 0. The fourth-order valence-electron chi connectivity index (χ4n) is 2.19. The van der Waals surface area contributed by atoms with Crippen LogP contribution < -0.4 is 11.0 Å². The molecule has 2 unspecified atom stereocenters. The number of aliphatic hydroxyl groups excluding tert-OH is 1. The lowest BCUT2D eigenvalue weighted by molar-refractivity contribution is -0.0992. The molecule has 1 aliphatic heterocycles. The van der Waals surface area contributed by atoms with E-state index in [9.17, 15) is 9.59 Å². The van der Waals surface area contributed by atoms with Gasteiger partial charge in [-0.2, -0.15) is 4.98 Å². The van der Waals surface area contributed by atoms with Crippen LogP contribution in [0.4, 0.5) is 5.82 Å². The van der Waals surface area contributed by atoms with E-state index in [4.69, 9.17) is 14.6 Å². The van der Waals surface area contributed by atoms with Crippen molar-refractivity contribution in [2.24, 2.45) is 0 Å². The fourth-order valence-corrected chi connectivity index (χ4v) is 2.60. The van der Waals surface area contributed by atoms with Gasteiger partial charge in [-0.05, 0) is 28.1 Å². The summed E-state index contributed by atoms with van der Waals surface area (Å²) in [5, 5.41) is 11.6. The first-order chi connectivity index (χ1) is 11.6. The summed E-state index contributed by atoms with van der Waals surface area (Å²) in [6.07, 6.45) is 0.0134. The van der Waals surface area contributed by atoms with Gasteiger partial charge in [0.1, 0.15) is 0 Å². The molecule has 8 nitrogen and oxygen atoms in total. The van der Waals surface area contributed by atoms with Gasteiger partial charge in [-0.3, -0.25) is 9.36 Å². The lowest BCUT2D eigenvalue weighted by Gasteiger charge is -2.14. The van der Waals surface area contributed by atoms with Crippen molar-refractivity contribution in [2.45, 2.75) is 12.5 Å². The fraction of sp³-hybridized carbons (Fsp3) is 0.267. The van der Waals surface area contributed by atoms with Gasteiger partial charge in [0, 0.05) is 11.8 Å². The molecule has 9 heteroatoms. The molecule has 2 N–H and O–H groups in total. The lowest BCUT2D eigenvalue weighted by Crippen LogP contribution is -2.30. The topological polar surface area (TPSA) is 103 Å². The quantitative estimate of drug-likeness (QED) is 0.803. The Morgan fingerprint density at radius 1 is 1.42 bits per heavy atom. The van der Waals surface area contributed by atoms with Crippen LogP contribution in [0, 0.1) is 0 Å². The number of aliphatic hydroxyl groups is 1. The maximum Gasteiger partial charge on any atom is 0.351 e. The Labute approximate surface area is 145 Å². The molecule has 0 radical (unpaired) electrons. The highest BCUT2D eigenvalue weighted by Crippen LogP contribution is 2.23. The van der Waals surface area contributed by atoms with E-state index in [-0.39, 0.29) is 24.9 Å². The largest absolute Gasteiger partial charge is 0.391 e. The minimum atomic E-state index is -0.766. The van der Waals surface area contributed by atoms with E-state index in [1.807, 2.05) is 0 Å². The van der Waals surface area contributed by atoms with E-state index < -0.39 is 18.2 Å². The van der Waals surface area contributed by atoms with Crippen LogP contribution in [0.2, 0.25) is 0 Å². The summed E-state index contributed by atoms with van der Waals surface area (Å²) in [5.41, 5.74) is -0.151. The smallest absolute Gasteiger partial charge is 0.351 e.